The summed E-state index contributed by atoms with van der Waals surface area (Å²) in [6.45, 7) is 3.31. The summed E-state index contributed by atoms with van der Waals surface area (Å²) in [4.78, 5) is 41.6. The van der Waals surface area contributed by atoms with Crippen LogP contribution in [0.3, 0.4) is 0 Å². The zero-order valence-corrected chi connectivity index (χ0v) is 21.5. The number of nitrogens with zero attached hydrogens (tertiary/aromatic N) is 3. The largest absolute Gasteiger partial charge is 0.467 e. The van der Waals surface area contributed by atoms with Crippen LogP contribution in [0.4, 0.5) is 10.5 Å². The van der Waals surface area contributed by atoms with Crippen LogP contribution in [0.2, 0.25) is 0 Å². The number of anilines is 1. The second-order valence-electron chi connectivity index (χ2n) is 8.44. The Morgan fingerprint density at radius 2 is 1.81 bits per heavy atom. The van der Waals surface area contributed by atoms with Gasteiger partial charge in [-0.1, -0.05) is 0 Å². The van der Waals surface area contributed by atoms with Gasteiger partial charge in [0.15, 0.2) is 0 Å². The third-order valence-electron chi connectivity index (χ3n) is 5.72. The molecule has 37 heavy (non-hydrogen) atoms. The molecule has 2 heterocycles. The maximum absolute atomic E-state index is 13.5. The molecule has 3 amide bonds. The van der Waals surface area contributed by atoms with Crippen molar-refractivity contribution in [1.29, 1.82) is 0 Å². The van der Waals surface area contributed by atoms with E-state index in [2.05, 4.69) is 5.32 Å². The number of hydrogen-bond acceptors (Lipinski definition) is 6. The highest BCUT2D eigenvalue weighted by molar-refractivity contribution is 5.94. The van der Waals surface area contributed by atoms with E-state index in [1.165, 1.54) is 4.90 Å². The van der Waals surface area contributed by atoms with E-state index < -0.39 is 12.0 Å². The van der Waals surface area contributed by atoms with E-state index in [9.17, 15) is 14.4 Å². The first-order chi connectivity index (χ1) is 17.9. The molecule has 1 N–H and O–H groups in total. The lowest BCUT2D eigenvalue weighted by Gasteiger charge is -2.27. The van der Waals surface area contributed by atoms with E-state index in [0.29, 0.717) is 43.1 Å². The van der Waals surface area contributed by atoms with Gasteiger partial charge in [0.1, 0.15) is 12.3 Å². The van der Waals surface area contributed by atoms with Gasteiger partial charge in [-0.3, -0.25) is 4.79 Å². The van der Waals surface area contributed by atoms with Gasteiger partial charge in [-0.25, -0.2) is 9.59 Å². The number of amides is 3. The minimum absolute atomic E-state index is 0.123. The van der Waals surface area contributed by atoms with Crippen LogP contribution in [0, 0.1) is 0 Å². The molecule has 10 nitrogen and oxygen atoms in total. The third-order valence-corrected chi connectivity index (χ3v) is 5.72. The maximum Gasteiger partial charge on any atom is 0.338 e. The highest BCUT2D eigenvalue weighted by Crippen LogP contribution is 2.14. The molecule has 0 radical (unpaired) electrons. The number of esters is 1. The minimum atomic E-state index is -0.429. The smallest absolute Gasteiger partial charge is 0.338 e. The molecular formula is C27H34N4O6. The van der Waals surface area contributed by atoms with E-state index in [1.807, 2.05) is 36.0 Å². The van der Waals surface area contributed by atoms with Crippen LogP contribution in [0.1, 0.15) is 35.2 Å². The molecule has 0 saturated carbocycles. The highest BCUT2D eigenvalue weighted by atomic mass is 16.5. The van der Waals surface area contributed by atoms with Crippen LogP contribution in [-0.4, -0.2) is 65.7 Å². The molecule has 0 unspecified atom stereocenters. The Kier molecular flexibility index (Phi) is 10.3. The Balaban J connectivity index is 1.72. The maximum atomic E-state index is 13.5. The first-order valence-electron chi connectivity index (χ1n) is 12.1. The van der Waals surface area contributed by atoms with Crippen LogP contribution in [0.25, 0.3) is 0 Å². The van der Waals surface area contributed by atoms with Gasteiger partial charge in [-0.05, 0) is 61.9 Å². The van der Waals surface area contributed by atoms with Crippen molar-refractivity contribution in [3.63, 3.8) is 0 Å². The summed E-state index contributed by atoms with van der Waals surface area (Å²) in [6, 6.07) is 13.4. The van der Waals surface area contributed by atoms with Crippen LogP contribution in [0.15, 0.2) is 65.4 Å². The molecule has 0 atom stereocenters. The van der Waals surface area contributed by atoms with Crippen LogP contribution in [0.5, 0.6) is 0 Å². The number of carbonyl (C=O) groups is 3. The number of aryl methyl sites for hydroxylation is 1. The zero-order valence-electron chi connectivity index (χ0n) is 21.5. The molecule has 0 aliphatic rings. The zero-order chi connectivity index (χ0) is 26.6. The number of nitrogens with one attached hydrogen (secondary N) is 1. The van der Waals surface area contributed by atoms with E-state index in [4.69, 9.17) is 13.9 Å². The van der Waals surface area contributed by atoms with Gasteiger partial charge >= 0.3 is 12.0 Å². The summed E-state index contributed by atoms with van der Waals surface area (Å²) < 4.78 is 17.6. The number of rotatable bonds is 13. The van der Waals surface area contributed by atoms with Crippen LogP contribution < -0.4 is 5.32 Å². The molecule has 0 aliphatic carbocycles. The molecule has 3 rings (SSSR count). The van der Waals surface area contributed by atoms with E-state index >= 15 is 0 Å². The number of hydrogen-bond donors (Lipinski definition) is 1. The van der Waals surface area contributed by atoms with Crippen molar-refractivity contribution >= 4 is 23.6 Å². The Morgan fingerprint density at radius 3 is 2.43 bits per heavy atom. The van der Waals surface area contributed by atoms with Gasteiger partial charge in [-0.2, -0.15) is 0 Å². The molecule has 3 aromatic rings. The van der Waals surface area contributed by atoms with Crippen molar-refractivity contribution in [3.8, 4) is 0 Å². The van der Waals surface area contributed by atoms with Gasteiger partial charge < -0.3 is 33.6 Å². The average Bonchev–Trinajstić information content (AvgIpc) is 3.55. The van der Waals surface area contributed by atoms with Crippen LogP contribution >= 0.6 is 0 Å². The summed E-state index contributed by atoms with van der Waals surface area (Å²) in [5.41, 5.74) is 1.84. The quantitative estimate of drug-likeness (QED) is 0.276. The van der Waals surface area contributed by atoms with Crippen molar-refractivity contribution in [1.82, 2.24) is 14.4 Å². The monoisotopic (exact) mass is 510 g/mol. The average molecular weight is 511 g/mol. The fraction of sp³-hybridized carbons (Fsp3) is 0.370. The highest BCUT2D eigenvalue weighted by Gasteiger charge is 2.23. The summed E-state index contributed by atoms with van der Waals surface area (Å²) in [6.07, 6.45) is 4.05. The summed E-state index contributed by atoms with van der Waals surface area (Å²) in [7, 11) is 3.51. The summed E-state index contributed by atoms with van der Waals surface area (Å²) in [5.74, 6) is 0.00416. The minimum Gasteiger partial charge on any atom is -0.467 e. The number of ether oxygens (including phenoxy) is 2. The molecule has 10 heteroatoms. The number of urea groups is 1. The molecular weight excluding hydrogens is 476 g/mol. The second kappa shape index (κ2) is 13.9. The SMILES string of the molecule is CCOC(=O)c1ccc(NC(=O)N(CCCOC)CC(=O)N(Cc2ccco2)Cc2cccn2C)cc1. The van der Waals surface area contributed by atoms with E-state index in [-0.39, 0.29) is 25.6 Å². The molecule has 0 saturated heterocycles. The summed E-state index contributed by atoms with van der Waals surface area (Å²) >= 11 is 0. The molecule has 0 fully saturated rings. The van der Waals surface area contributed by atoms with Crippen molar-refractivity contribution in [2.24, 2.45) is 7.05 Å². The summed E-state index contributed by atoms with van der Waals surface area (Å²) in [5, 5.41) is 2.81. The second-order valence-corrected chi connectivity index (χ2v) is 8.44. The lowest BCUT2D eigenvalue weighted by atomic mass is 10.2. The van der Waals surface area contributed by atoms with Crippen molar-refractivity contribution in [3.05, 3.63) is 78.0 Å². The first kappa shape index (κ1) is 27.5. The number of carbonyl (C=O) groups excluding carboxylic acids is 3. The number of benzene rings is 1. The van der Waals surface area contributed by atoms with Gasteiger partial charge in [0.05, 0.1) is 31.5 Å². The van der Waals surface area contributed by atoms with Crippen molar-refractivity contribution in [2.75, 3.05) is 38.7 Å². The van der Waals surface area contributed by atoms with Gasteiger partial charge in [0.2, 0.25) is 5.91 Å². The number of methoxy groups -OCH3 is 1. The normalized spacial score (nSPS) is 10.7. The Morgan fingerprint density at radius 1 is 1.03 bits per heavy atom. The fourth-order valence-electron chi connectivity index (χ4n) is 3.70. The van der Waals surface area contributed by atoms with Crippen molar-refractivity contribution in [2.45, 2.75) is 26.4 Å². The molecule has 198 valence electrons. The predicted molar refractivity (Wildman–Crippen MR) is 138 cm³/mol. The fourth-order valence-corrected chi connectivity index (χ4v) is 3.70. The standard InChI is InChI=1S/C27H34N4O6/c1-4-36-26(33)21-10-12-22(13-11-21)28-27(34)30(15-7-16-35-3)20-25(32)31(19-24-9-6-17-37-24)18-23-8-5-14-29(23)2/h5-6,8-14,17H,4,7,15-16,18-20H2,1-3H3,(H,28,34). The van der Waals surface area contributed by atoms with Crippen molar-refractivity contribution < 1.29 is 28.3 Å². The predicted octanol–water partition coefficient (Wildman–Crippen LogP) is 3.89. The Labute approximate surface area is 216 Å². The lowest BCUT2D eigenvalue weighted by molar-refractivity contribution is -0.133. The molecule has 0 aliphatic heterocycles. The number of aromatic nitrogens is 1. The Bertz CT molecular complexity index is 1140. The molecule has 0 spiro atoms. The first-order valence-corrected chi connectivity index (χ1v) is 12.1. The molecule has 1 aromatic carbocycles. The third kappa shape index (κ3) is 8.25. The van der Waals surface area contributed by atoms with Crippen LogP contribution in [-0.2, 0) is 34.4 Å². The molecule has 0 bridgehead atoms. The van der Waals surface area contributed by atoms with Gasteiger partial charge in [-0.15, -0.1) is 0 Å². The van der Waals surface area contributed by atoms with E-state index in [1.54, 1.807) is 55.5 Å². The van der Waals surface area contributed by atoms with Gasteiger partial charge in [0.25, 0.3) is 0 Å². The molecule has 2 aromatic heterocycles. The Hall–Kier alpha value is -4.05. The van der Waals surface area contributed by atoms with Gasteiger partial charge in [0, 0.05) is 44.9 Å². The lowest BCUT2D eigenvalue weighted by Crippen LogP contribution is -2.44. The number of furan rings is 1. The topological polar surface area (TPSA) is 106 Å². The van der Waals surface area contributed by atoms with E-state index in [0.717, 1.165) is 5.69 Å².